The third-order valence-electron chi connectivity index (χ3n) is 4.56. The highest BCUT2D eigenvalue weighted by molar-refractivity contribution is 7.91. The van der Waals surface area contributed by atoms with Gasteiger partial charge in [-0.2, -0.15) is 0 Å². The average Bonchev–Trinajstić information content (AvgIpc) is 3.32. The van der Waals surface area contributed by atoms with Gasteiger partial charge in [0.2, 0.25) is 15.8 Å². The topological polar surface area (TPSA) is 118 Å². The first-order valence-electron chi connectivity index (χ1n) is 9.35. The van der Waals surface area contributed by atoms with Crippen LogP contribution in [0.5, 0.6) is 5.75 Å². The van der Waals surface area contributed by atoms with Crippen molar-refractivity contribution in [1.29, 1.82) is 0 Å². The molecule has 0 aliphatic rings. The number of Topliss-reactive ketones (excluding diaryl/α,β-unsaturated/α-hetero) is 1. The van der Waals surface area contributed by atoms with Crippen LogP contribution in [0, 0.1) is 13.8 Å². The zero-order valence-electron chi connectivity index (χ0n) is 17.2. The summed E-state index contributed by atoms with van der Waals surface area (Å²) in [5.74, 6) is -0.392. The summed E-state index contributed by atoms with van der Waals surface area (Å²) < 4.78 is 35.0. The van der Waals surface area contributed by atoms with Crippen LogP contribution >= 0.6 is 11.3 Å². The maximum absolute atomic E-state index is 12.7. The van der Waals surface area contributed by atoms with Crippen LogP contribution in [-0.4, -0.2) is 38.0 Å². The van der Waals surface area contributed by atoms with Gasteiger partial charge in [-0.15, -0.1) is 11.3 Å². The van der Waals surface area contributed by atoms with Crippen molar-refractivity contribution in [3.8, 4) is 11.4 Å². The fraction of sp³-hybridized carbons (Fsp3) is 0.238. The van der Waals surface area contributed by atoms with E-state index in [-0.39, 0.29) is 15.6 Å². The van der Waals surface area contributed by atoms with Gasteiger partial charge >= 0.3 is 5.97 Å². The van der Waals surface area contributed by atoms with Gasteiger partial charge in [0.25, 0.3) is 0 Å². The molecule has 0 amide bonds. The molecule has 0 unspecified atom stereocenters. The number of sulfonamides is 1. The van der Waals surface area contributed by atoms with E-state index in [2.05, 4.69) is 0 Å². The summed E-state index contributed by atoms with van der Waals surface area (Å²) in [6.07, 6.45) is 0. The molecule has 164 valence electrons. The molecule has 10 heteroatoms. The van der Waals surface area contributed by atoms with E-state index in [0.717, 1.165) is 40.2 Å². The molecule has 0 radical (unpaired) electrons. The first-order valence-corrected chi connectivity index (χ1v) is 11.8. The van der Waals surface area contributed by atoms with Crippen LogP contribution in [0.15, 0.2) is 46.0 Å². The van der Waals surface area contributed by atoms with E-state index in [0.29, 0.717) is 12.2 Å². The molecular weight excluding hydrogens is 440 g/mol. The smallest absolute Gasteiger partial charge is 0.339 e. The first kappa shape index (κ1) is 22.7. The van der Waals surface area contributed by atoms with Crippen LogP contribution in [0.1, 0.15) is 39.0 Å². The summed E-state index contributed by atoms with van der Waals surface area (Å²) in [6.45, 7) is 5.72. The second-order valence-electron chi connectivity index (χ2n) is 6.75. The number of hydrogen-bond donors (Lipinski definition) is 1. The maximum Gasteiger partial charge on any atom is 0.339 e. The Morgan fingerprint density at radius 2 is 1.81 bits per heavy atom. The third-order valence-corrected chi connectivity index (χ3v) is 6.95. The lowest BCUT2D eigenvalue weighted by Gasteiger charge is -2.11. The van der Waals surface area contributed by atoms with Gasteiger partial charge in [0, 0.05) is 28.0 Å². The second kappa shape index (κ2) is 9.04. The number of carbonyl (C=O) groups is 2. The van der Waals surface area contributed by atoms with Gasteiger partial charge in [-0.1, -0.05) is 0 Å². The van der Waals surface area contributed by atoms with Crippen LogP contribution in [-0.2, 0) is 14.8 Å². The predicted octanol–water partition coefficient (Wildman–Crippen LogP) is 3.24. The van der Waals surface area contributed by atoms with Crippen LogP contribution in [0.4, 0.5) is 0 Å². The van der Waals surface area contributed by atoms with E-state index in [9.17, 15) is 18.0 Å². The molecule has 2 aromatic heterocycles. The van der Waals surface area contributed by atoms with Crippen molar-refractivity contribution in [2.75, 3.05) is 13.2 Å². The molecule has 3 aromatic rings. The van der Waals surface area contributed by atoms with Crippen molar-refractivity contribution in [2.24, 2.45) is 5.14 Å². The molecule has 1 aromatic carbocycles. The molecule has 0 aliphatic carbocycles. The number of aromatic nitrogens is 1. The number of primary sulfonamides is 1. The Balaban J connectivity index is 1.73. The van der Waals surface area contributed by atoms with Gasteiger partial charge in [-0.25, -0.2) is 18.4 Å². The van der Waals surface area contributed by atoms with Crippen LogP contribution < -0.4 is 9.88 Å². The van der Waals surface area contributed by atoms with Gasteiger partial charge in [-0.05, 0) is 57.2 Å². The zero-order chi connectivity index (χ0) is 22.8. The molecule has 0 saturated heterocycles. The molecule has 3 rings (SSSR count). The van der Waals surface area contributed by atoms with Crippen molar-refractivity contribution in [2.45, 2.75) is 25.0 Å². The number of aryl methyl sites for hydroxylation is 1. The SMILES string of the molecule is CCOc1ccc(-n2c(C)cc(C(=O)COC(=O)c3csc(S(N)(=O)=O)c3)c2C)cc1. The number of rotatable bonds is 8. The molecule has 31 heavy (non-hydrogen) atoms. The Labute approximate surface area is 184 Å². The number of esters is 1. The Kier molecular flexibility index (Phi) is 6.63. The largest absolute Gasteiger partial charge is 0.494 e. The average molecular weight is 463 g/mol. The minimum absolute atomic E-state index is 0.0293. The zero-order valence-corrected chi connectivity index (χ0v) is 18.9. The normalized spacial score (nSPS) is 11.4. The summed E-state index contributed by atoms with van der Waals surface area (Å²) in [5.41, 5.74) is 2.92. The van der Waals surface area contributed by atoms with Crippen LogP contribution in [0.2, 0.25) is 0 Å². The fourth-order valence-corrected chi connectivity index (χ4v) is 4.74. The van der Waals surface area contributed by atoms with Crippen molar-refractivity contribution in [3.05, 3.63) is 64.3 Å². The molecule has 8 nitrogen and oxygen atoms in total. The van der Waals surface area contributed by atoms with Crippen molar-refractivity contribution in [1.82, 2.24) is 4.57 Å². The predicted molar refractivity (Wildman–Crippen MR) is 117 cm³/mol. The quantitative estimate of drug-likeness (QED) is 0.406. The summed E-state index contributed by atoms with van der Waals surface area (Å²) in [7, 11) is -3.90. The van der Waals surface area contributed by atoms with E-state index in [1.807, 2.05) is 49.6 Å². The van der Waals surface area contributed by atoms with Crippen molar-refractivity contribution >= 4 is 33.1 Å². The molecule has 2 N–H and O–H groups in total. The van der Waals surface area contributed by atoms with Crippen LogP contribution in [0.3, 0.4) is 0 Å². The summed E-state index contributed by atoms with van der Waals surface area (Å²) in [6, 6.07) is 10.4. The lowest BCUT2D eigenvalue weighted by molar-refractivity contribution is 0.0475. The fourth-order valence-electron chi connectivity index (χ4n) is 3.17. The van der Waals surface area contributed by atoms with E-state index in [1.54, 1.807) is 6.07 Å². The molecule has 0 aliphatic heterocycles. The molecule has 0 saturated carbocycles. The second-order valence-corrected chi connectivity index (χ2v) is 9.45. The lowest BCUT2D eigenvalue weighted by atomic mass is 10.1. The summed E-state index contributed by atoms with van der Waals surface area (Å²) >= 11 is 0.814. The van der Waals surface area contributed by atoms with Gasteiger partial charge in [-0.3, -0.25) is 4.79 Å². The number of thiophene rings is 1. The number of carbonyl (C=O) groups excluding carboxylic acids is 2. The van der Waals surface area contributed by atoms with Crippen LogP contribution in [0.25, 0.3) is 5.69 Å². The number of benzene rings is 1. The van der Waals surface area contributed by atoms with Gasteiger partial charge < -0.3 is 14.0 Å². The Morgan fingerprint density at radius 3 is 2.39 bits per heavy atom. The standard InChI is InChI=1S/C21H22N2O6S2/c1-4-28-17-7-5-16(6-8-17)23-13(2)9-18(14(23)3)19(24)11-29-21(25)15-10-20(30-12-15)31(22,26)27/h5-10,12H,4,11H2,1-3H3,(H2,22,26,27). The monoisotopic (exact) mass is 462 g/mol. The number of ether oxygens (including phenoxy) is 2. The van der Waals surface area contributed by atoms with E-state index in [4.69, 9.17) is 14.6 Å². The maximum atomic E-state index is 12.7. The van der Waals surface area contributed by atoms with Crippen molar-refractivity contribution in [3.63, 3.8) is 0 Å². The molecule has 0 atom stereocenters. The molecule has 0 spiro atoms. The van der Waals surface area contributed by atoms with E-state index >= 15 is 0 Å². The highest BCUT2D eigenvalue weighted by Crippen LogP contribution is 2.24. The highest BCUT2D eigenvalue weighted by atomic mass is 32.2. The lowest BCUT2D eigenvalue weighted by Crippen LogP contribution is -2.15. The van der Waals surface area contributed by atoms with E-state index in [1.165, 1.54) is 5.38 Å². The number of ketones is 1. The minimum Gasteiger partial charge on any atom is -0.494 e. The summed E-state index contributed by atoms with van der Waals surface area (Å²) in [4.78, 5) is 24.8. The Hall–Kier alpha value is -2.95. The van der Waals surface area contributed by atoms with Crippen molar-refractivity contribution < 1.29 is 27.5 Å². The number of hydrogen-bond acceptors (Lipinski definition) is 7. The van der Waals surface area contributed by atoms with Gasteiger partial charge in [0.05, 0.1) is 12.2 Å². The minimum atomic E-state index is -3.90. The number of nitrogens with zero attached hydrogens (tertiary/aromatic N) is 1. The Morgan fingerprint density at radius 1 is 1.13 bits per heavy atom. The summed E-state index contributed by atoms with van der Waals surface area (Å²) in [5, 5.41) is 6.36. The molecule has 2 heterocycles. The highest BCUT2D eigenvalue weighted by Gasteiger charge is 2.20. The molecule has 0 bridgehead atoms. The van der Waals surface area contributed by atoms with Gasteiger partial charge in [0.15, 0.2) is 6.61 Å². The molecule has 0 fully saturated rings. The van der Waals surface area contributed by atoms with Gasteiger partial charge in [0.1, 0.15) is 9.96 Å². The Bertz CT molecular complexity index is 1220. The number of nitrogens with two attached hydrogens (primary N) is 1. The van der Waals surface area contributed by atoms with E-state index < -0.39 is 22.6 Å². The first-order chi connectivity index (χ1) is 14.6. The third kappa shape index (κ3) is 5.04. The molecular formula is C21H22N2O6S2.